The van der Waals surface area contributed by atoms with Gasteiger partial charge in [-0.3, -0.25) is 9.10 Å². The van der Waals surface area contributed by atoms with E-state index in [2.05, 4.69) is 5.32 Å². The van der Waals surface area contributed by atoms with E-state index in [1.165, 1.54) is 4.31 Å². The Morgan fingerprint density at radius 1 is 1.22 bits per heavy atom. The highest BCUT2D eigenvalue weighted by Gasteiger charge is 2.18. The molecule has 1 aromatic rings. The number of carbonyl (C=O) groups excluding carboxylic acids is 1. The second-order valence-electron chi connectivity index (χ2n) is 5.40. The first-order valence-electron chi connectivity index (χ1n) is 7.13. The number of hydrogen-bond acceptors (Lipinski definition) is 5. The maximum atomic E-state index is 11.9. The topological polar surface area (TPSA) is 93.5 Å². The molecule has 0 heterocycles. The quantitative estimate of drug-likeness (QED) is 0.740. The minimum Gasteiger partial charge on any atom is -0.355 e. The van der Waals surface area contributed by atoms with Crippen molar-refractivity contribution in [3.05, 3.63) is 29.8 Å². The zero-order valence-corrected chi connectivity index (χ0v) is 14.4. The summed E-state index contributed by atoms with van der Waals surface area (Å²) in [6.45, 7) is 1.29. The van der Waals surface area contributed by atoms with Gasteiger partial charge >= 0.3 is 0 Å². The van der Waals surface area contributed by atoms with Crippen LogP contribution in [0.4, 0.5) is 5.69 Å². The minimum absolute atomic E-state index is 0.0541. The van der Waals surface area contributed by atoms with Crippen molar-refractivity contribution in [2.45, 2.75) is 6.42 Å². The van der Waals surface area contributed by atoms with Crippen LogP contribution in [0.15, 0.2) is 24.3 Å². The van der Waals surface area contributed by atoms with Gasteiger partial charge in [-0.1, -0.05) is 0 Å². The van der Waals surface area contributed by atoms with Crippen molar-refractivity contribution in [1.82, 2.24) is 10.2 Å². The van der Waals surface area contributed by atoms with Gasteiger partial charge in [0.1, 0.15) is 0 Å². The monoisotopic (exact) mass is 338 g/mol. The first-order chi connectivity index (χ1) is 10.7. The van der Waals surface area contributed by atoms with Crippen LogP contribution in [0.5, 0.6) is 0 Å². The van der Waals surface area contributed by atoms with Crippen molar-refractivity contribution in [2.24, 2.45) is 0 Å². The molecule has 8 heteroatoms. The Morgan fingerprint density at radius 2 is 1.83 bits per heavy atom. The van der Waals surface area contributed by atoms with Gasteiger partial charge < -0.3 is 10.2 Å². The Bertz CT molecular complexity index is 663. The predicted molar refractivity (Wildman–Crippen MR) is 89.5 cm³/mol. The fourth-order valence-corrected chi connectivity index (χ4v) is 2.83. The minimum atomic E-state index is -3.50. The summed E-state index contributed by atoms with van der Waals surface area (Å²) in [6.07, 6.45) is 1.16. The van der Waals surface area contributed by atoms with Gasteiger partial charge in [0.05, 0.1) is 23.6 Å². The normalized spacial score (nSPS) is 11.1. The molecule has 23 heavy (non-hydrogen) atoms. The Morgan fingerprint density at radius 3 is 2.30 bits per heavy atom. The van der Waals surface area contributed by atoms with E-state index in [9.17, 15) is 13.2 Å². The first-order valence-corrected chi connectivity index (χ1v) is 8.98. The fraction of sp³-hybridized carbons (Fsp3) is 0.467. The van der Waals surface area contributed by atoms with Crippen LogP contribution in [-0.2, 0) is 14.8 Å². The number of likely N-dealkylation sites (N-methyl/N-ethyl adjacent to an activating group) is 1. The maximum absolute atomic E-state index is 11.9. The van der Waals surface area contributed by atoms with E-state index >= 15 is 0 Å². The van der Waals surface area contributed by atoms with E-state index < -0.39 is 10.0 Å². The van der Waals surface area contributed by atoms with Crippen molar-refractivity contribution in [2.75, 3.05) is 44.3 Å². The molecule has 0 aliphatic carbocycles. The summed E-state index contributed by atoms with van der Waals surface area (Å²) in [5.41, 5.74) is 0.885. The zero-order chi connectivity index (χ0) is 17.5. The van der Waals surface area contributed by atoms with Gasteiger partial charge in [-0.25, -0.2) is 8.42 Å². The lowest BCUT2D eigenvalue weighted by molar-refractivity contribution is -0.120. The van der Waals surface area contributed by atoms with Gasteiger partial charge in [-0.05, 0) is 38.4 Å². The first kappa shape index (κ1) is 18.9. The van der Waals surface area contributed by atoms with E-state index in [-0.39, 0.29) is 18.9 Å². The molecule has 1 aromatic carbocycles. The summed E-state index contributed by atoms with van der Waals surface area (Å²) in [4.78, 5) is 13.7. The van der Waals surface area contributed by atoms with Crippen LogP contribution in [0.3, 0.4) is 0 Å². The summed E-state index contributed by atoms with van der Waals surface area (Å²) in [6, 6.07) is 8.19. The van der Waals surface area contributed by atoms with Crippen LogP contribution in [-0.4, -0.2) is 59.2 Å². The predicted octanol–water partition coefficient (Wildman–Crippen LogP) is 0.392. The number of carbonyl (C=O) groups is 1. The van der Waals surface area contributed by atoms with Gasteiger partial charge in [-0.15, -0.1) is 0 Å². The average Bonchev–Trinajstić information content (AvgIpc) is 2.46. The van der Waals surface area contributed by atoms with Crippen molar-refractivity contribution < 1.29 is 13.2 Å². The molecular weight excluding hydrogens is 316 g/mol. The average molecular weight is 338 g/mol. The van der Waals surface area contributed by atoms with Gasteiger partial charge in [0.25, 0.3) is 0 Å². The molecule has 0 aliphatic rings. The summed E-state index contributed by atoms with van der Waals surface area (Å²) in [5, 5.41) is 11.5. The molecule has 126 valence electrons. The van der Waals surface area contributed by atoms with Gasteiger partial charge in [0.15, 0.2) is 0 Å². The van der Waals surface area contributed by atoms with Crippen LogP contribution in [0.25, 0.3) is 0 Å². The summed E-state index contributed by atoms with van der Waals surface area (Å²) in [5.74, 6) is -0.200. The highest BCUT2D eigenvalue weighted by molar-refractivity contribution is 7.92. The molecule has 0 aromatic heterocycles. The molecule has 0 aliphatic heterocycles. The Kier molecular flexibility index (Phi) is 7.00. The Labute approximate surface area is 137 Å². The Hall–Kier alpha value is -2.11. The van der Waals surface area contributed by atoms with Crippen LogP contribution in [0.1, 0.15) is 12.0 Å². The largest absolute Gasteiger partial charge is 0.355 e. The van der Waals surface area contributed by atoms with Gasteiger partial charge in [0.2, 0.25) is 15.9 Å². The molecule has 1 rings (SSSR count). The number of anilines is 1. The van der Waals surface area contributed by atoms with Crippen molar-refractivity contribution in [3.8, 4) is 6.07 Å². The van der Waals surface area contributed by atoms with Crippen molar-refractivity contribution in [3.63, 3.8) is 0 Å². The molecule has 7 nitrogen and oxygen atoms in total. The van der Waals surface area contributed by atoms with Crippen LogP contribution in [0.2, 0.25) is 0 Å². The summed E-state index contributed by atoms with van der Waals surface area (Å²) in [7, 11) is 0.305. The van der Waals surface area contributed by atoms with Crippen LogP contribution >= 0.6 is 0 Å². The maximum Gasteiger partial charge on any atom is 0.232 e. The number of nitriles is 1. The standard InChI is InChI=1S/C15H22N4O3S/c1-18(2)11-9-17-15(20)8-10-19(23(3,21)22)14-6-4-13(12-16)5-7-14/h4-7H,8-11H2,1-3H3,(H,17,20). The molecule has 0 unspecified atom stereocenters. The van der Waals surface area contributed by atoms with Gasteiger partial charge in [-0.2, -0.15) is 5.26 Å². The molecule has 0 saturated heterocycles. The molecular formula is C15H22N4O3S. The molecule has 0 bridgehead atoms. The second kappa shape index (κ2) is 8.50. The molecule has 0 fully saturated rings. The van der Waals surface area contributed by atoms with E-state index in [0.717, 1.165) is 12.8 Å². The fourth-order valence-electron chi connectivity index (χ4n) is 1.90. The highest BCUT2D eigenvalue weighted by atomic mass is 32.2. The van der Waals surface area contributed by atoms with Crippen molar-refractivity contribution in [1.29, 1.82) is 5.26 Å². The number of benzene rings is 1. The lowest BCUT2D eigenvalue weighted by Crippen LogP contribution is -2.36. The highest BCUT2D eigenvalue weighted by Crippen LogP contribution is 2.18. The van der Waals surface area contributed by atoms with Crippen LogP contribution < -0.4 is 9.62 Å². The molecule has 1 amide bonds. The zero-order valence-electron chi connectivity index (χ0n) is 13.6. The van der Waals surface area contributed by atoms with Crippen LogP contribution in [0, 0.1) is 11.3 Å². The van der Waals surface area contributed by atoms with Gasteiger partial charge in [0, 0.05) is 26.1 Å². The molecule has 0 radical (unpaired) electrons. The third kappa shape index (κ3) is 6.67. The number of rotatable bonds is 8. The number of sulfonamides is 1. The van der Waals surface area contributed by atoms with Crippen molar-refractivity contribution >= 4 is 21.6 Å². The van der Waals surface area contributed by atoms with E-state index in [0.29, 0.717) is 17.8 Å². The number of nitrogens with zero attached hydrogens (tertiary/aromatic N) is 3. The molecule has 0 spiro atoms. The number of nitrogens with one attached hydrogen (secondary N) is 1. The number of amides is 1. The Balaban J connectivity index is 2.69. The smallest absolute Gasteiger partial charge is 0.232 e. The third-order valence-electron chi connectivity index (χ3n) is 3.11. The molecule has 0 atom stereocenters. The van der Waals surface area contributed by atoms with E-state index in [1.54, 1.807) is 24.3 Å². The lowest BCUT2D eigenvalue weighted by atomic mass is 10.2. The third-order valence-corrected chi connectivity index (χ3v) is 4.30. The lowest BCUT2D eigenvalue weighted by Gasteiger charge is -2.22. The SMILES string of the molecule is CN(C)CCNC(=O)CCN(c1ccc(C#N)cc1)S(C)(=O)=O. The summed E-state index contributed by atoms with van der Waals surface area (Å²) < 4.78 is 25.0. The van der Waals surface area contributed by atoms with E-state index in [4.69, 9.17) is 5.26 Å². The molecule has 1 N–H and O–H groups in total. The number of hydrogen-bond donors (Lipinski definition) is 1. The molecule has 0 saturated carbocycles. The second-order valence-corrected chi connectivity index (χ2v) is 7.30. The van der Waals surface area contributed by atoms with E-state index in [1.807, 2.05) is 25.1 Å². The summed E-state index contributed by atoms with van der Waals surface area (Å²) >= 11 is 0.